The van der Waals surface area contributed by atoms with Crippen molar-refractivity contribution in [3.05, 3.63) is 57.6 Å². The maximum Gasteiger partial charge on any atom is 0.262 e. The Bertz CT molecular complexity index is 734. The van der Waals surface area contributed by atoms with Gasteiger partial charge in [0.25, 0.3) is 5.91 Å². The number of nitrogens with zero attached hydrogens (tertiary/aromatic N) is 1. The lowest BCUT2D eigenvalue weighted by Gasteiger charge is -2.33. The number of rotatable bonds is 2. The highest BCUT2D eigenvalue weighted by Crippen LogP contribution is 2.48. The molecule has 0 saturated carbocycles. The van der Waals surface area contributed by atoms with Crippen LogP contribution in [0.1, 0.15) is 20.7 Å². The highest BCUT2D eigenvalue weighted by molar-refractivity contribution is 6.41. The van der Waals surface area contributed by atoms with E-state index < -0.39 is 5.91 Å². The van der Waals surface area contributed by atoms with Gasteiger partial charge in [-0.25, -0.2) is 0 Å². The molecule has 20 heavy (non-hydrogen) atoms. The monoisotopic (exact) mass is 306 g/mol. The highest BCUT2D eigenvalue weighted by atomic mass is 35.5. The average Bonchev–Trinajstić information content (AvgIpc) is 2.37. The summed E-state index contributed by atoms with van der Waals surface area (Å²) in [7, 11) is 0. The number of anilines is 2. The Morgan fingerprint density at radius 2 is 1.55 bits per heavy atom. The third-order valence-corrected chi connectivity index (χ3v) is 3.70. The standard InChI is InChI=1S/C14H8Cl2N2O2/c15-9-5-10(16)12-6-11(9)18(12)14(20)8-3-1-2-7(4-8)13(17)19/h1-6H,(H2,17,19). The second kappa shape index (κ2) is 4.51. The second-order valence-electron chi connectivity index (χ2n) is 4.34. The molecule has 0 aliphatic carbocycles. The molecule has 0 spiro atoms. The zero-order valence-electron chi connectivity index (χ0n) is 10.1. The minimum absolute atomic E-state index is 0.275. The van der Waals surface area contributed by atoms with Crippen LogP contribution in [0.25, 0.3) is 0 Å². The number of benzene rings is 2. The van der Waals surface area contributed by atoms with Gasteiger partial charge in [0.15, 0.2) is 0 Å². The maximum absolute atomic E-state index is 12.5. The number of hydrogen-bond donors (Lipinski definition) is 1. The quantitative estimate of drug-likeness (QED) is 0.924. The topological polar surface area (TPSA) is 63.4 Å². The first kappa shape index (κ1) is 13.0. The van der Waals surface area contributed by atoms with Gasteiger partial charge in [-0.1, -0.05) is 29.3 Å². The summed E-state index contributed by atoms with van der Waals surface area (Å²) in [6.45, 7) is 0. The third kappa shape index (κ3) is 1.85. The smallest absolute Gasteiger partial charge is 0.262 e. The highest BCUT2D eigenvalue weighted by Gasteiger charge is 2.32. The Kier molecular flexibility index (Phi) is 2.92. The largest absolute Gasteiger partial charge is 0.366 e. The van der Waals surface area contributed by atoms with Crippen LogP contribution in [0.3, 0.4) is 0 Å². The number of halogens is 2. The number of nitrogens with two attached hydrogens (primary N) is 1. The first-order chi connectivity index (χ1) is 9.49. The van der Waals surface area contributed by atoms with Crippen LogP contribution in [0.4, 0.5) is 11.4 Å². The molecule has 0 aromatic heterocycles. The van der Waals surface area contributed by atoms with E-state index in [0.717, 1.165) is 0 Å². The molecule has 6 heteroatoms. The van der Waals surface area contributed by atoms with Gasteiger partial charge in [-0.15, -0.1) is 0 Å². The van der Waals surface area contributed by atoms with Crippen LogP contribution >= 0.6 is 23.2 Å². The van der Waals surface area contributed by atoms with E-state index in [1.54, 1.807) is 30.3 Å². The average molecular weight is 307 g/mol. The Morgan fingerprint density at radius 1 is 0.950 bits per heavy atom. The molecule has 0 radical (unpaired) electrons. The molecule has 4 nitrogen and oxygen atoms in total. The van der Waals surface area contributed by atoms with Crippen LogP contribution in [0, 0.1) is 0 Å². The lowest BCUT2D eigenvalue weighted by Crippen LogP contribution is -2.32. The van der Waals surface area contributed by atoms with Gasteiger partial charge in [-0.3, -0.25) is 14.5 Å². The van der Waals surface area contributed by atoms with Crippen molar-refractivity contribution in [2.75, 3.05) is 4.90 Å². The molecule has 2 aromatic rings. The summed E-state index contributed by atoms with van der Waals surface area (Å²) < 4.78 is 0. The van der Waals surface area contributed by atoms with E-state index >= 15 is 0 Å². The summed E-state index contributed by atoms with van der Waals surface area (Å²) >= 11 is 12.0. The summed E-state index contributed by atoms with van der Waals surface area (Å²) in [6.07, 6.45) is 0. The van der Waals surface area contributed by atoms with Gasteiger partial charge in [-0.05, 0) is 30.3 Å². The molecule has 0 atom stereocenters. The van der Waals surface area contributed by atoms with Crippen molar-refractivity contribution < 1.29 is 9.59 Å². The Hall–Kier alpha value is -2.04. The van der Waals surface area contributed by atoms with Crippen LogP contribution in [-0.2, 0) is 0 Å². The number of amides is 2. The Balaban J connectivity index is 1.99. The molecule has 0 saturated heterocycles. The van der Waals surface area contributed by atoms with E-state index in [1.807, 2.05) is 0 Å². The van der Waals surface area contributed by atoms with Crippen LogP contribution in [0.5, 0.6) is 0 Å². The van der Waals surface area contributed by atoms with Gasteiger partial charge >= 0.3 is 0 Å². The molecular formula is C14H8Cl2N2O2. The van der Waals surface area contributed by atoms with E-state index in [2.05, 4.69) is 0 Å². The molecule has 3 rings (SSSR count). The fourth-order valence-corrected chi connectivity index (χ4v) is 2.64. The van der Waals surface area contributed by atoms with E-state index in [-0.39, 0.29) is 11.5 Å². The van der Waals surface area contributed by atoms with Gasteiger partial charge in [0, 0.05) is 11.1 Å². The van der Waals surface area contributed by atoms with Crippen molar-refractivity contribution in [3.8, 4) is 0 Å². The molecule has 0 unspecified atom stereocenters. The van der Waals surface area contributed by atoms with Crippen LogP contribution in [-0.4, -0.2) is 11.8 Å². The number of fused-ring (bicyclic) bond motifs is 2. The van der Waals surface area contributed by atoms with Crippen molar-refractivity contribution in [1.82, 2.24) is 0 Å². The summed E-state index contributed by atoms with van der Waals surface area (Å²) in [5, 5.41) is 0.814. The number of hydrogen-bond acceptors (Lipinski definition) is 2. The number of carbonyl (C=O) groups excluding carboxylic acids is 2. The van der Waals surface area contributed by atoms with Crippen LogP contribution < -0.4 is 10.6 Å². The van der Waals surface area contributed by atoms with Crippen molar-refractivity contribution >= 4 is 46.4 Å². The maximum atomic E-state index is 12.5. The lowest BCUT2D eigenvalue weighted by molar-refractivity contribution is 0.0996. The summed E-state index contributed by atoms with van der Waals surface area (Å²) in [5.74, 6) is -0.886. The molecular weight excluding hydrogens is 299 g/mol. The zero-order chi connectivity index (χ0) is 14.4. The molecule has 2 N–H and O–H groups in total. The van der Waals surface area contributed by atoms with Gasteiger partial charge in [0.1, 0.15) is 0 Å². The van der Waals surface area contributed by atoms with Crippen molar-refractivity contribution in [2.24, 2.45) is 5.73 Å². The van der Waals surface area contributed by atoms with Gasteiger partial charge in [-0.2, -0.15) is 0 Å². The first-order valence-corrected chi connectivity index (χ1v) is 6.48. The molecule has 1 aliphatic heterocycles. The van der Waals surface area contributed by atoms with Crippen LogP contribution in [0.15, 0.2) is 36.4 Å². The molecule has 2 bridgehead atoms. The van der Waals surface area contributed by atoms with Crippen molar-refractivity contribution in [3.63, 3.8) is 0 Å². The summed E-state index contributed by atoms with van der Waals surface area (Å²) in [6, 6.07) is 9.54. The van der Waals surface area contributed by atoms with Gasteiger partial charge in [0.2, 0.25) is 5.91 Å². The minimum Gasteiger partial charge on any atom is -0.366 e. The molecule has 2 aromatic carbocycles. The van der Waals surface area contributed by atoms with Gasteiger partial charge < -0.3 is 5.73 Å². The lowest BCUT2D eigenvalue weighted by atomic mass is 10.0. The van der Waals surface area contributed by atoms with Crippen molar-refractivity contribution in [2.45, 2.75) is 0 Å². The SMILES string of the molecule is NC(=O)c1cccc(C(=O)N2c3cc2c(Cl)cc3Cl)c1. The fourth-order valence-electron chi connectivity index (χ4n) is 2.09. The summed E-state index contributed by atoms with van der Waals surface area (Å²) in [4.78, 5) is 25.0. The third-order valence-electron chi connectivity index (χ3n) is 3.10. The van der Waals surface area contributed by atoms with Crippen LogP contribution in [0.2, 0.25) is 10.0 Å². The van der Waals surface area contributed by atoms with E-state index in [0.29, 0.717) is 27.0 Å². The predicted molar refractivity (Wildman–Crippen MR) is 77.9 cm³/mol. The minimum atomic E-state index is -0.585. The molecule has 1 aliphatic rings. The Labute approximate surface area is 124 Å². The predicted octanol–water partition coefficient (Wildman–Crippen LogP) is 3.38. The molecule has 0 fully saturated rings. The zero-order valence-corrected chi connectivity index (χ0v) is 11.6. The van der Waals surface area contributed by atoms with E-state index in [4.69, 9.17) is 28.9 Å². The molecule has 2 amide bonds. The van der Waals surface area contributed by atoms with Gasteiger partial charge in [0.05, 0.1) is 21.4 Å². The molecule has 100 valence electrons. The van der Waals surface area contributed by atoms with E-state index in [9.17, 15) is 9.59 Å². The second-order valence-corrected chi connectivity index (χ2v) is 5.16. The summed E-state index contributed by atoms with van der Waals surface area (Å²) in [5.41, 5.74) is 7.02. The van der Waals surface area contributed by atoms with E-state index in [1.165, 1.54) is 11.0 Å². The normalized spacial score (nSPS) is 12.0. The molecule has 1 heterocycles. The first-order valence-electron chi connectivity index (χ1n) is 5.72. The Morgan fingerprint density at radius 3 is 2.10 bits per heavy atom. The number of carbonyl (C=O) groups is 2. The van der Waals surface area contributed by atoms with Crippen molar-refractivity contribution in [1.29, 1.82) is 0 Å². The number of primary amides is 1. The fraction of sp³-hybridized carbons (Fsp3) is 0.